The lowest BCUT2D eigenvalue weighted by Gasteiger charge is -2.19. The molecule has 5 heteroatoms. The fraction of sp³-hybridized carbons (Fsp3) is 0.500. The van der Waals surface area contributed by atoms with Gasteiger partial charge in [-0.3, -0.25) is 4.79 Å². The second-order valence-corrected chi connectivity index (χ2v) is 5.71. The molecule has 0 spiro atoms. The molecule has 0 aliphatic heterocycles. The van der Waals surface area contributed by atoms with Gasteiger partial charge in [0.2, 0.25) is 5.91 Å². The number of anilines is 1. The van der Waals surface area contributed by atoms with Gasteiger partial charge in [0.05, 0.1) is 12.3 Å². The van der Waals surface area contributed by atoms with Crippen LogP contribution in [0.15, 0.2) is 18.2 Å². The fourth-order valence-electron chi connectivity index (χ4n) is 1.28. The first-order valence-electron chi connectivity index (χ1n) is 6.19. The number of rotatable bonds is 5. The summed E-state index contributed by atoms with van der Waals surface area (Å²) in [5.41, 5.74) is 0.101. The first-order valence-corrected chi connectivity index (χ1v) is 6.57. The van der Waals surface area contributed by atoms with Crippen molar-refractivity contribution >= 4 is 23.2 Å². The van der Waals surface area contributed by atoms with Crippen molar-refractivity contribution in [2.75, 3.05) is 18.5 Å². The predicted molar refractivity (Wildman–Crippen MR) is 76.7 cm³/mol. The van der Waals surface area contributed by atoms with Crippen molar-refractivity contribution in [2.45, 2.75) is 27.2 Å². The van der Waals surface area contributed by atoms with Crippen LogP contribution in [0, 0.1) is 5.41 Å². The first kappa shape index (κ1) is 15.8. The fourth-order valence-corrected chi connectivity index (χ4v) is 1.44. The van der Waals surface area contributed by atoms with Gasteiger partial charge in [-0.15, -0.1) is 0 Å². The van der Waals surface area contributed by atoms with Crippen LogP contribution in [0.2, 0.25) is 5.02 Å². The number of ether oxygens (including phenoxy) is 1. The zero-order valence-electron chi connectivity index (χ0n) is 11.5. The minimum absolute atomic E-state index is 0.0598. The van der Waals surface area contributed by atoms with E-state index in [0.717, 1.165) is 0 Å². The van der Waals surface area contributed by atoms with Crippen LogP contribution < -0.4 is 10.1 Å². The van der Waals surface area contributed by atoms with Crippen LogP contribution in [0.4, 0.5) is 5.69 Å². The molecule has 0 aromatic heterocycles. The van der Waals surface area contributed by atoms with Crippen LogP contribution in [0.25, 0.3) is 0 Å². The zero-order valence-corrected chi connectivity index (χ0v) is 12.3. The topological polar surface area (TPSA) is 58.6 Å². The highest BCUT2D eigenvalue weighted by molar-refractivity contribution is 6.30. The van der Waals surface area contributed by atoms with Crippen LogP contribution >= 0.6 is 11.6 Å². The Labute approximate surface area is 118 Å². The number of halogens is 1. The molecule has 0 saturated heterocycles. The number of carbonyl (C=O) groups excluding carboxylic acids is 1. The number of hydrogen-bond acceptors (Lipinski definition) is 3. The average molecular weight is 286 g/mol. The van der Waals surface area contributed by atoms with Crippen molar-refractivity contribution in [2.24, 2.45) is 5.41 Å². The summed E-state index contributed by atoms with van der Waals surface area (Å²) in [6, 6.07) is 5.05. The minimum Gasteiger partial charge on any atom is -0.491 e. The lowest BCUT2D eigenvalue weighted by Crippen LogP contribution is -2.27. The first-order chi connectivity index (χ1) is 8.84. The normalized spacial score (nSPS) is 11.2. The van der Waals surface area contributed by atoms with E-state index >= 15 is 0 Å². The van der Waals surface area contributed by atoms with Crippen LogP contribution in [-0.2, 0) is 4.79 Å². The summed E-state index contributed by atoms with van der Waals surface area (Å²) < 4.78 is 5.51. The summed E-state index contributed by atoms with van der Waals surface area (Å²) >= 11 is 5.91. The molecule has 0 aliphatic carbocycles. The Morgan fingerprint density at radius 2 is 2.11 bits per heavy atom. The number of aliphatic hydroxyl groups excluding tert-OH is 1. The highest BCUT2D eigenvalue weighted by Gasteiger charge is 2.22. The molecule has 2 N–H and O–H groups in total. The predicted octanol–water partition coefficient (Wildman–Crippen LogP) is 3.09. The summed E-state index contributed by atoms with van der Waals surface area (Å²) in [5.74, 6) is 0.417. The molecule has 0 saturated carbocycles. The minimum atomic E-state index is -0.484. The van der Waals surface area contributed by atoms with E-state index in [4.69, 9.17) is 21.4 Å². The van der Waals surface area contributed by atoms with Crippen molar-refractivity contribution in [3.63, 3.8) is 0 Å². The molecule has 0 fully saturated rings. The van der Waals surface area contributed by atoms with Crippen LogP contribution in [-0.4, -0.2) is 24.2 Å². The smallest absolute Gasteiger partial charge is 0.229 e. The Morgan fingerprint density at radius 3 is 2.68 bits per heavy atom. The van der Waals surface area contributed by atoms with Gasteiger partial charge in [0.15, 0.2) is 0 Å². The van der Waals surface area contributed by atoms with Gasteiger partial charge in [-0.2, -0.15) is 0 Å². The van der Waals surface area contributed by atoms with Crippen LogP contribution in [0.1, 0.15) is 27.2 Å². The Morgan fingerprint density at radius 1 is 1.42 bits per heavy atom. The molecule has 0 aliphatic rings. The zero-order chi connectivity index (χ0) is 14.5. The van der Waals surface area contributed by atoms with Crippen molar-refractivity contribution in [1.82, 2.24) is 0 Å². The molecule has 1 aromatic carbocycles. The highest BCUT2D eigenvalue weighted by Crippen LogP contribution is 2.29. The summed E-state index contributed by atoms with van der Waals surface area (Å²) in [7, 11) is 0. The molecular weight excluding hydrogens is 266 g/mol. The van der Waals surface area contributed by atoms with Crippen LogP contribution in [0.5, 0.6) is 5.75 Å². The SMILES string of the molecule is CC(C)(C)C(=O)Nc1ccc(Cl)cc1OCCCO. The molecule has 19 heavy (non-hydrogen) atoms. The number of aliphatic hydroxyl groups is 1. The van der Waals surface area contributed by atoms with Gasteiger partial charge in [0, 0.05) is 29.5 Å². The molecule has 106 valence electrons. The van der Waals surface area contributed by atoms with Gasteiger partial charge in [0.25, 0.3) is 0 Å². The maximum absolute atomic E-state index is 12.0. The van der Waals surface area contributed by atoms with E-state index in [1.165, 1.54) is 0 Å². The van der Waals surface area contributed by atoms with E-state index in [-0.39, 0.29) is 12.5 Å². The molecule has 1 amide bonds. The summed E-state index contributed by atoms with van der Waals surface area (Å²) in [6.07, 6.45) is 0.527. The maximum Gasteiger partial charge on any atom is 0.229 e. The number of hydrogen-bond donors (Lipinski definition) is 2. The second-order valence-electron chi connectivity index (χ2n) is 5.27. The third kappa shape index (κ3) is 5.09. The standard InChI is InChI=1S/C14H20ClNO3/c1-14(2,3)13(18)16-11-6-5-10(15)9-12(11)19-8-4-7-17/h5-6,9,17H,4,7-8H2,1-3H3,(H,16,18). The van der Waals surface area contributed by atoms with E-state index in [9.17, 15) is 4.79 Å². The highest BCUT2D eigenvalue weighted by atomic mass is 35.5. The molecular formula is C14H20ClNO3. The molecule has 0 bridgehead atoms. The Hall–Kier alpha value is -1.26. The van der Waals surface area contributed by atoms with Crippen molar-refractivity contribution in [3.8, 4) is 5.75 Å². The second kappa shape index (κ2) is 6.78. The van der Waals surface area contributed by atoms with E-state index in [1.807, 2.05) is 20.8 Å². The largest absolute Gasteiger partial charge is 0.491 e. The molecule has 1 aromatic rings. The molecule has 4 nitrogen and oxygen atoms in total. The number of nitrogens with one attached hydrogen (secondary N) is 1. The van der Waals surface area contributed by atoms with Crippen LogP contribution in [0.3, 0.4) is 0 Å². The van der Waals surface area contributed by atoms with E-state index in [2.05, 4.69) is 5.32 Å². The summed E-state index contributed by atoms with van der Waals surface area (Å²) in [5, 5.41) is 12.1. The quantitative estimate of drug-likeness (QED) is 0.818. The number of benzene rings is 1. The number of carbonyl (C=O) groups is 1. The summed E-state index contributed by atoms with van der Waals surface area (Å²) in [6.45, 7) is 5.94. The average Bonchev–Trinajstić information content (AvgIpc) is 2.31. The third-order valence-corrected chi connectivity index (χ3v) is 2.67. The van der Waals surface area contributed by atoms with Gasteiger partial charge < -0.3 is 15.2 Å². The molecule has 0 unspecified atom stereocenters. The molecule has 1 rings (SSSR count). The molecule has 0 radical (unpaired) electrons. The summed E-state index contributed by atoms with van der Waals surface area (Å²) in [4.78, 5) is 12.0. The van der Waals surface area contributed by atoms with E-state index < -0.39 is 5.41 Å². The molecule has 0 atom stereocenters. The van der Waals surface area contributed by atoms with E-state index in [0.29, 0.717) is 29.5 Å². The van der Waals surface area contributed by atoms with Gasteiger partial charge in [-0.25, -0.2) is 0 Å². The molecule has 0 heterocycles. The lowest BCUT2D eigenvalue weighted by atomic mass is 9.95. The van der Waals surface area contributed by atoms with Crippen molar-refractivity contribution in [3.05, 3.63) is 23.2 Å². The third-order valence-electron chi connectivity index (χ3n) is 2.43. The Bertz CT molecular complexity index is 441. The van der Waals surface area contributed by atoms with Gasteiger partial charge in [-0.05, 0) is 12.1 Å². The van der Waals surface area contributed by atoms with Crippen molar-refractivity contribution < 1.29 is 14.6 Å². The lowest BCUT2D eigenvalue weighted by molar-refractivity contribution is -0.123. The van der Waals surface area contributed by atoms with Gasteiger partial charge >= 0.3 is 0 Å². The van der Waals surface area contributed by atoms with Gasteiger partial charge in [0.1, 0.15) is 5.75 Å². The van der Waals surface area contributed by atoms with Gasteiger partial charge in [-0.1, -0.05) is 32.4 Å². The van der Waals surface area contributed by atoms with E-state index in [1.54, 1.807) is 18.2 Å². The monoisotopic (exact) mass is 285 g/mol. The number of amides is 1. The maximum atomic E-state index is 12.0. The van der Waals surface area contributed by atoms with Crippen molar-refractivity contribution in [1.29, 1.82) is 0 Å². The Balaban J connectivity index is 2.84. The Kier molecular flexibility index (Phi) is 5.63.